The summed E-state index contributed by atoms with van der Waals surface area (Å²) in [5.41, 5.74) is 0.675. The van der Waals surface area contributed by atoms with E-state index < -0.39 is 5.60 Å². The first kappa shape index (κ1) is 20.9. The van der Waals surface area contributed by atoms with Gasteiger partial charge in [-0.1, -0.05) is 13.8 Å². The Kier molecular flexibility index (Phi) is 6.18. The fourth-order valence-corrected chi connectivity index (χ4v) is 3.92. The average Bonchev–Trinajstić information content (AvgIpc) is 2.66. The molecule has 1 unspecified atom stereocenters. The third-order valence-electron chi connectivity index (χ3n) is 5.85. The predicted molar refractivity (Wildman–Crippen MR) is 111 cm³/mol. The summed E-state index contributed by atoms with van der Waals surface area (Å²) in [6.07, 6.45) is 4.47. The van der Waals surface area contributed by atoms with Crippen LogP contribution in [0.4, 0.5) is 10.6 Å². The van der Waals surface area contributed by atoms with Gasteiger partial charge in [0.1, 0.15) is 11.4 Å². The number of anilines is 1. The van der Waals surface area contributed by atoms with Crippen LogP contribution in [0, 0.1) is 0 Å². The number of carbonyl (C=O) groups is 1. The fourth-order valence-electron chi connectivity index (χ4n) is 3.92. The molecule has 1 amide bonds. The summed E-state index contributed by atoms with van der Waals surface area (Å²) in [4.78, 5) is 21.1. The van der Waals surface area contributed by atoms with Gasteiger partial charge < -0.3 is 19.3 Å². The molecule has 2 saturated heterocycles. The molecule has 2 fully saturated rings. The molecule has 1 aromatic rings. The van der Waals surface area contributed by atoms with Crippen molar-refractivity contribution in [2.45, 2.75) is 71.0 Å². The smallest absolute Gasteiger partial charge is 0.410 e. The summed E-state index contributed by atoms with van der Waals surface area (Å²) in [7, 11) is 0. The Morgan fingerprint density at radius 3 is 2.68 bits per heavy atom. The highest BCUT2D eigenvalue weighted by Gasteiger charge is 2.41. The van der Waals surface area contributed by atoms with Crippen LogP contribution in [-0.4, -0.2) is 60.0 Å². The number of nitrogens with zero attached hydrogens (tertiary/aromatic N) is 3. The number of rotatable bonds is 3. The molecule has 0 saturated carbocycles. The van der Waals surface area contributed by atoms with Crippen molar-refractivity contribution in [3.63, 3.8) is 0 Å². The van der Waals surface area contributed by atoms with Crippen molar-refractivity contribution in [2.75, 3.05) is 37.7 Å². The third-order valence-corrected chi connectivity index (χ3v) is 5.85. The molecule has 1 aromatic heterocycles. The minimum absolute atomic E-state index is 0.204. The zero-order chi connectivity index (χ0) is 20.4. The number of hydrogen-bond donors (Lipinski definition) is 0. The Morgan fingerprint density at radius 1 is 1.32 bits per heavy atom. The molecule has 3 rings (SSSR count). The molecule has 6 heteroatoms. The number of piperidine rings is 1. The van der Waals surface area contributed by atoms with Gasteiger partial charge in [-0.2, -0.15) is 0 Å². The number of ether oxygens (including phenoxy) is 2. The number of pyridine rings is 1. The van der Waals surface area contributed by atoms with Gasteiger partial charge in [-0.05, 0) is 63.6 Å². The molecule has 0 bridgehead atoms. The highest BCUT2D eigenvalue weighted by Crippen LogP contribution is 2.33. The Labute approximate surface area is 169 Å². The highest BCUT2D eigenvalue weighted by molar-refractivity contribution is 5.68. The van der Waals surface area contributed by atoms with Crippen LogP contribution in [0.15, 0.2) is 18.3 Å². The lowest BCUT2D eigenvalue weighted by atomic mass is 9.89. The number of aromatic nitrogens is 1. The van der Waals surface area contributed by atoms with Crippen molar-refractivity contribution in [1.82, 2.24) is 9.88 Å². The quantitative estimate of drug-likeness (QED) is 0.775. The molecule has 2 aliphatic heterocycles. The number of carbonyl (C=O) groups excluding carboxylic acids is 1. The molecule has 156 valence electrons. The zero-order valence-electron chi connectivity index (χ0n) is 18.0. The molecule has 1 spiro atoms. The Hall–Kier alpha value is -1.82. The van der Waals surface area contributed by atoms with Crippen molar-refractivity contribution in [1.29, 1.82) is 0 Å². The van der Waals surface area contributed by atoms with Gasteiger partial charge in [-0.15, -0.1) is 0 Å². The van der Waals surface area contributed by atoms with Crippen molar-refractivity contribution < 1.29 is 14.3 Å². The second-order valence-electron chi connectivity index (χ2n) is 9.18. The monoisotopic (exact) mass is 389 g/mol. The van der Waals surface area contributed by atoms with Gasteiger partial charge >= 0.3 is 6.09 Å². The van der Waals surface area contributed by atoms with E-state index in [1.807, 2.05) is 27.0 Å². The number of amides is 1. The van der Waals surface area contributed by atoms with Gasteiger partial charge in [0.05, 0.1) is 12.2 Å². The molecule has 1 atom stereocenters. The summed E-state index contributed by atoms with van der Waals surface area (Å²) in [5, 5.41) is 0. The van der Waals surface area contributed by atoms with E-state index in [2.05, 4.69) is 35.9 Å². The molecule has 2 aliphatic rings. The second kappa shape index (κ2) is 8.27. The van der Waals surface area contributed by atoms with Crippen LogP contribution in [-0.2, 0) is 9.47 Å². The highest BCUT2D eigenvalue weighted by atomic mass is 16.6. The molecule has 28 heavy (non-hydrogen) atoms. The molecular weight excluding hydrogens is 354 g/mol. The number of likely N-dealkylation sites (tertiary alicyclic amines) is 1. The largest absolute Gasteiger partial charge is 0.444 e. The zero-order valence-corrected chi connectivity index (χ0v) is 18.0. The minimum atomic E-state index is -0.462. The van der Waals surface area contributed by atoms with Crippen molar-refractivity contribution >= 4 is 11.9 Å². The van der Waals surface area contributed by atoms with Crippen LogP contribution in [0.5, 0.6) is 0 Å². The molecule has 0 N–H and O–H groups in total. The maximum atomic E-state index is 12.3. The van der Waals surface area contributed by atoms with E-state index in [1.54, 1.807) is 4.90 Å². The summed E-state index contributed by atoms with van der Waals surface area (Å²) in [6, 6.07) is 4.34. The lowest BCUT2D eigenvalue weighted by Crippen LogP contribution is -2.58. The topological polar surface area (TPSA) is 54.9 Å². The van der Waals surface area contributed by atoms with Crippen LogP contribution in [0.3, 0.4) is 0 Å². The van der Waals surface area contributed by atoms with Crippen LogP contribution in [0.1, 0.15) is 65.4 Å². The van der Waals surface area contributed by atoms with Gasteiger partial charge in [0.2, 0.25) is 0 Å². The first-order chi connectivity index (χ1) is 13.2. The van der Waals surface area contributed by atoms with Gasteiger partial charge in [-0.25, -0.2) is 9.78 Å². The van der Waals surface area contributed by atoms with Crippen LogP contribution < -0.4 is 4.90 Å². The van der Waals surface area contributed by atoms with Gasteiger partial charge in [0.25, 0.3) is 0 Å². The van der Waals surface area contributed by atoms with Crippen molar-refractivity contribution in [3.8, 4) is 0 Å². The lowest BCUT2D eigenvalue weighted by molar-refractivity contribution is -0.0913. The standard InChI is InChI=1S/C22H35N3O3/c1-6-17(2)18-7-10-23-19(15-18)25-13-14-27-22(16-25)8-11-24(12-9-22)20(26)28-21(3,4)5/h7,10,15,17H,6,8-9,11-14,16H2,1-5H3. The Balaban J connectivity index is 1.63. The number of morpholine rings is 1. The first-order valence-electron chi connectivity index (χ1n) is 10.5. The van der Waals surface area contributed by atoms with Crippen LogP contribution in [0.25, 0.3) is 0 Å². The van der Waals surface area contributed by atoms with Gasteiger partial charge in [-0.3, -0.25) is 0 Å². The molecule has 0 aromatic carbocycles. The van der Waals surface area contributed by atoms with Gasteiger partial charge in [0, 0.05) is 32.4 Å². The molecular formula is C22H35N3O3. The lowest BCUT2D eigenvalue weighted by Gasteiger charge is -2.47. The normalized spacial score (nSPS) is 20.9. The predicted octanol–water partition coefficient (Wildman–Crippen LogP) is 4.20. The summed E-state index contributed by atoms with van der Waals surface area (Å²) >= 11 is 0. The molecule has 0 aliphatic carbocycles. The van der Waals surface area contributed by atoms with E-state index in [0.717, 1.165) is 38.2 Å². The van der Waals surface area contributed by atoms with E-state index in [0.29, 0.717) is 25.6 Å². The second-order valence-corrected chi connectivity index (χ2v) is 9.18. The third kappa shape index (κ3) is 4.96. The maximum Gasteiger partial charge on any atom is 0.410 e. The molecule has 3 heterocycles. The maximum absolute atomic E-state index is 12.3. The average molecular weight is 390 g/mol. The Morgan fingerprint density at radius 2 is 2.04 bits per heavy atom. The number of hydrogen-bond acceptors (Lipinski definition) is 5. The fraction of sp³-hybridized carbons (Fsp3) is 0.727. The summed E-state index contributed by atoms with van der Waals surface area (Å²) < 4.78 is 11.8. The van der Waals surface area contributed by atoms with E-state index in [4.69, 9.17) is 9.47 Å². The Bertz CT molecular complexity index is 678. The van der Waals surface area contributed by atoms with Crippen molar-refractivity contribution in [3.05, 3.63) is 23.9 Å². The van der Waals surface area contributed by atoms with Crippen LogP contribution >= 0.6 is 0 Å². The van der Waals surface area contributed by atoms with Gasteiger partial charge in [0.15, 0.2) is 0 Å². The summed E-state index contributed by atoms with van der Waals surface area (Å²) in [6.45, 7) is 13.9. The van der Waals surface area contributed by atoms with E-state index in [1.165, 1.54) is 5.56 Å². The minimum Gasteiger partial charge on any atom is -0.444 e. The van der Waals surface area contributed by atoms with E-state index in [9.17, 15) is 4.79 Å². The van der Waals surface area contributed by atoms with Crippen LogP contribution in [0.2, 0.25) is 0 Å². The molecule has 0 radical (unpaired) electrons. The SMILES string of the molecule is CCC(C)c1ccnc(N2CCOC3(CCN(C(=O)OC(C)(C)C)CC3)C2)c1. The molecule has 6 nitrogen and oxygen atoms in total. The summed E-state index contributed by atoms with van der Waals surface area (Å²) in [5.74, 6) is 1.57. The van der Waals surface area contributed by atoms with E-state index in [-0.39, 0.29) is 11.7 Å². The van der Waals surface area contributed by atoms with Crippen molar-refractivity contribution in [2.24, 2.45) is 0 Å². The first-order valence-corrected chi connectivity index (χ1v) is 10.5. The van der Waals surface area contributed by atoms with E-state index >= 15 is 0 Å².